The Morgan fingerprint density at radius 2 is 1.93 bits per heavy atom. The molecule has 1 aromatic carbocycles. The molecular weight excluding hydrogens is 377 g/mol. The number of alkyl halides is 3. The van der Waals surface area contributed by atoms with Crippen LogP contribution in [-0.2, 0) is 22.9 Å². The standard InChI is InChI=1S/C18H21F3N4OS/c1-5-10-25-15(17(2,3)4)23-24-16(25)27-11-14(26)22-13-9-7-6-8-12(13)18(19,20)21/h5-9H,1,10-11H2,2-4H3,(H,22,26). The Balaban J connectivity index is 2.11. The van der Waals surface area contributed by atoms with Crippen LogP contribution >= 0.6 is 11.8 Å². The topological polar surface area (TPSA) is 59.8 Å². The Bertz CT molecular complexity index is 825. The smallest absolute Gasteiger partial charge is 0.325 e. The van der Waals surface area contributed by atoms with Crippen LogP contribution in [0.4, 0.5) is 18.9 Å². The van der Waals surface area contributed by atoms with E-state index in [1.165, 1.54) is 18.2 Å². The Kier molecular flexibility index (Phi) is 6.35. The van der Waals surface area contributed by atoms with Crippen molar-refractivity contribution in [3.05, 3.63) is 48.3 Å². The predicted molar refractivity (Wildman–Crippen MR) is 99.7 cm³/mol. The Hall–Kier alpha value is -2.29. The Labute approximate surface area is 160 Å². The van der Waals surface area contributed by atoms with Crippen LogP contribution < -0.4 is 5.32 Å². The summed E-state index contributed by atoms with van der Waals surface area (Å²) < 4.78 is 40.9. The van der Waals surface area contributed by atoms with Gasteiger partial charge in [0.1, 0.15) is 5.82 Å². The van der Waals surface area contributed by atoms with Crippen LogP contribution in [-0.4, -0.2) is 26.4 Å². The number of nitrogens with zero attached hydrogens (tertiary/aromatic N) is 3. The quantitative estimate of drug-likeness (QED) is 0.575. The fraction of sp³-hybridized carbons (Fsp3) is 0.389. The summed E-state index contributed by atoms with van der Waals surface area (Å²) in [6, 6.07) is 4.87. The normalized spacial score (nSPS) is 12.1. The molecule has 1 N–H and O–H groups in total. The summed E-state index contributed by atoms with van der Waals surface area (Å²) in [6.45, 7) is 10.2. The lowest BCUT2D eigenvalue weighted by molar-refractivity contribution is -0.137. The molecule has 5 nitrogen and oxygen atoms in total. The lowest BCUT2D eigenvalue weighted by atomic mass is 9.96. The van der Waals surface area contributed by atoms with Crippen LogP contribution in [0.25, 0.3) is 0 Å². The number of amides is 1. The van der Waals surface area contributed by atoms with Crippen molar-refractivity contribution in [2.45, 2.75) is 44.1 Å². The molecule has 0 fully saturated rings. The number of rotatable bonds is 6. The zero-order valence-electron chi connectivity index (χ0n) is 15.3. The summed E-state index contributed by atoms with van der Waals surface area (Å²) in [4.78, 5) is 12.2. The average molecular weight is 398 g/mol. The van der Waals surface area contributed by atoms with Crippen LogP contribution in [0.5, 0.6) is 0 Å². The minimum absolute atomic E-state index is 0.0917. The van der Waals surface area contributed by atoms with Crippen LogP contribution in [0.2, 0.25) is 0 Å². The van der Waals surface area contributed by atoms with Crippen LogP contribution in [0.15, 0.2) is 42.1 Å². The van der Waals surface area contributed by atoms with Gasteiger partial charge in [0.15, 0.2) is 5.16 Å². The minimum Gasteiger partial charge on any atom is -0.325 e. The molecule has 1 aromatic heterocycles. The van der Waals surface area contributed by atoms with Crippen molar-refractivity contribution in [1.29, 1.82) is 0 Å². The van der Waals surface area contributed by atoms with Crippen molar-refractivity contribution in [1.82, 2.24) is 14.8 Å². The highest BCUT2D eigenvalue weighted by Gasteiger charge is 2.33. The molecule has 0 saturated carbocycles. The second-order valence-electron chi connectivity index (χ2n) is 6.84. The second kappa shape index (κ2) is 8.16. The molecule has 0 bridgehead atoms. The number of para-hydroxylation sites is 1. The van der Waals surface area contributed by atoms with Gasteiger partial charge >= 0.3 is 6.18 Å². The first-order chi connectivity index (χ1) is 12.5. The number of nitrogens with one attached hydrogen (secondary N) is 1. The van der Waals surface area contributed by atoms with E-state index in [-0.39, 0.29) is 16.9 Å². The molecule has 0 saturated heterocycles. The first-order valence-electron chi connectivity index (χ1n) is 8.17. The Morgan fingerprint density at radius 1 is 1.26 bits per heavy atom. The third-order valence-electron chi connectivity index (χ3n) is 3.54. The molecule has 0 unspecified atom stereocenters. The molecule has 2 aromatic rings. The van der Waals surface area contributed by atoms with E-state index in [1.54, 1.807) is 6.08 Å². The van der Waals surface area contributed by atoms with Crippen molar-refractivity contribution >= 4 is 23.4 Å². The van der Waals surface area contributed by atoms with E-state index in [1.807, 2.05) is 25.3 Å². The van der Waals surface area contributed by atoms with Crippen molar-refractivity contribution < 1.29 is 18.0 Å². The van der Waals surface area contributed by atoms with Gasteiger partial charge in [-0.2, -0.15) is 13.2 Å². The molecule has 0 aliphatic rings. The fourth-order valence-electron chi connectivity index (χ4n) is 2.40. The molecule has 27 heavy (non-hydrogen) atoms. The summed E-state index contributed by atoms with van der Waals surface area (Å²) in [5.41, 5.74) is -1.39. The highest BCUT2D eigenvalue weighted by molar-refractivity contribution is 7.99. The van der Waals surface area contributed by atoms with Gasteiger partial charge in [0.05, 0.1) is 17.0 Å². The first-order valence-corrected chi connectivity index (χ1v) is 9.16. The van der Waals surface area contributed by atoms with Crippen molar-refractivity contribution in [3.8, 4) is 0 Å². The minimum atomic E-state index is -4.54. The van der Waals surface area contributed by atoms with Crippen LogP contribution in [0.1, 0.15) is 32.2 Å². The Morgan fingerprint density at radius 3 is 2.52 bits per heavy atom. The van der Waals surface area contributed by atoms with Gasteiger partial charge in [0.25, 0.3) is 0 Å². The molecule has 146 valence electrons. The number of hydrogen-bond donors (Lipinski definition) is 1. The number of hydrogen-bond acceptors (Lipinski definition) is 4. The number of aromatic nitrogens is 3. The first kappa shape index (κ1) is 21.0. The number of benzene rings is 1. The van der Waals surface area contributed by atoms with E-state index in [0.29, 0.717) is 11.7 Å². The molecule has 0 spiro atoms. The van der Waals surface area contributed by atoms with E-state index in [0.717, 1.165) is 23.7 Å². The largest absolute Gasteiger partial charge is 0.418 e. The summed E-state index contributed by atoms with van der Waals surface area (Å²) in [6.07, 6.45) is -2.84. The molecule has 0 radical (unpaired) electrons. The van der Waals surface area contributed by atoms with Gasteiger partial charge < -0.3 is 9.88 Å². The summed E-state index contributed by atoms with van der Waals surface area (Å²) >= 11 is 1.11. The third kappa shape index (κ3) is 5.35. The lowest BCUT2D eigenvalue weighted by Gasteiger charge is -2.18. The van der Waals surface area contributed by atoms with E-state index < -0.39 is 17.6 Å². The van der Waals surface area contributed by atoms with Crippen molar-refractivity contribution in [2.24, 2.45) is 0 Å². The molecule has 9 heteroatoms. The number of anilines is 1. The van der Waals surface area contributed by atoms with Gasteiger partial charge in [-0.05, 0) is 12.1 Å². The number of carbonyl (C=O) groups excluding carboxylic acids is 1. The van der Waals surface area contributed by atoms with Gasteiger partial charge in [-0.15, -0.1) is 16.8 Å². The molecule has 1 heterocycles. The van der Waals surface area contributed by atoms with Gasteiger partial charge in [-0.1, -0.05) is 50.7 Å². The van der Waals surface area contributed by atoms with E-state index in [2.05, 4.69) is 22.1 Å². The number of carbonyl (C=O) groups is 1. The van der Waals surface area contributed by atoms with Gasteiger partial charge in [0.2, 0.25) is 5.91 Å². The molecule has 0 aliphatic heterocycles. The predicted octanol–water partition coefficient (Wildman–Crippen LogP) is 4.51. The molecular formula is C18H21F3N4OS. The van der Waals surface area contributed by atoms with Gasteiger partial charge in [-0.3, -0.25) is 4.79 Å². The summed E-state index contributed by atoms with van der Waals surface area (Å²) in [5.74, 6) is 0.0981. The highest BCUT2D eigenvalue weighted by Crippen LogP contribution is 2.34. The molecule has 1 amide bonds. The maximum absolute atomic E-state index is 13.0. The molecule has 0 aliphatic carbocycles. The van der Waals surface area contributed by atoms with Crippen molar-refractivity contribution in [2.75, 3.05) is 11.1 Å². The van der Waals surface area contributed by atoms with Crippen molar-refractivity contribution in [3.63, 3.8) is 0 Å². The zero-order chi connectivity index (χ0) is 20.2. The average Bonchev–Trinajstić information content (AvgIpc) is 2.96. The van der Waals surface area contributed by atoms with E-state index in [9.17, 15) is 18.0 Å². The monoisotopic (exact) mass is 398 g/mol. The van der Waals surface area contributed by atoms with Gasteiger partial charge in [-0.25, -0.2) is 0 Å². The number of halogens is 3. The molecule has 2 rings (SSSR count). The summed E-state index contributed by atoms with van der Waals surface area (Å²) in [7, 11) is 0. The maximum Gasteiger partial charge on any atom is 0.418 e. The lowest BCUT2D eigenvalue weighted by Crippen LogP contribution is -2.20. The molecule has 0 atom stereocenters. The van der Waals surface area contributed by atoms with Gasteiger partial charge in [0, 0.05) is 12.0 Å². The second-order valence-corrected chi connectivity index (χ2v) is 7.78. The zero-order valence-corrected chi connectivity index (χ0v) is 16.1. The fourth-order valence-corrected chi connectivity index (χ4v) is 3.15. The van der Waals surface area contributed by atoms with Crippen LogP contribution in [0.3, 0.4) is 0 Å². The SMILES string of the molecule is C=CCn1c(SCC(=O)Nc2ccccc2C(F)(F)F)nnc1C(C)(C)C. The number of allylic oxidation sites excluding steroid dienone is 1. The maximum atomic E-state index is 13.0. The van der Waals surface area contributed by atoms with E-state index >= 15 is 0 Å². The highest BCUT2D eigenvalue weighted by atomic mass is 32.2. The van der Waals surface area contributed by atoms with E-state index in [4.69, 9.17) is 0 Å². The number of thioether (sulfide) groups is 1. The third-order valence-corrected chi connectivity index (χ3v) is 4.51. The van der Waals surface area contributed by atoms with Crippen LogP contribution in [0, 0.1) is 0 Å². The summed E-state index contributed by atoms with van der Waals surface area (Å²) in [5, 5.41) is 11.1.